The minimum Gasteiger partial charge on any atom is -0.303 e. The Morgan fingerprint density at radius 2 is 2.19 bits per heavy atom. The molecule has 0 N–H and O–H groups in total. The quantitative estimate of drug-likeness (QED) is 0.726. The highest BCUT2D eigenvalue weighted by molar-refractivity contribution is 5.76. The number of benzene rings is 1. The lowest BCUT2D eigenvalue weighted by molar-refractivity contribution is 0.597. The number of nitrogens with zero attached hydrogens (tertiary/aromatic N) is 3. The number of hydrogen-bond donors (Lipinski definition) is 0. The zero-order valence-electron chi connectivity index (χ0n) is 9.14. The second-order valence-corrected chi connectivity index (χ2v) is 3.88. The maximum absolute atomic E-state index is 11.7. The summed E-state index contributed by atoms with van der Waals surface area (Å²) in [7, 11) is 0. The van der Waals surface area contributed by atoms with E-state index in [4.69, 9.17) is 5.26 Å². The molecule has 1 aromatic carbocycles. The number of fused-ring (bicyclic) bond motifs is 1. The molecule has 0 bridgehead atoms. The highest BCUT2D eigenvalue weighted by Gasteiger charge is 2.07. The molecule has 0 unspecified atom stereocenters. The lowest BCUT2D eigenvalue weighted by atomic mass is 10.2. The van der Waals surface area contributed by atoms with Gasteiger partial charge in [-0.15, -0.1) is 0 Å². The van der Waals surface area contributed by atoms with Crippen LogP contribution in [-0.4, -0.2) is 9.55 Å². The number of rotatable bonds is 1. The Morgan fingerprint density at radius 3 is 2.81 bits per heavy atom. The molecule has 1 heterocycles. The smallest absolute Gasteiger partial charge is 0.269 e. The predicted molar refractivity (Wildman–Crippen MR) is 61.1 cm³/mol. The molecule has 2 rings (SSSR count). The van der Waals surface area contributed by atoms with Gasteiger partial charge in [-0.3, -0.25) is 4.79 Å². The average Bonchev–Trinajstić information content (AvgIpc) is 2.27. The van der Waals surface area contributed by atoms with Crippen LogP contribution in [0, 0.1) is 11.3 Å². The Kier molecular flexibility index (Phi) is 2.45. The van der Waals surface area contributed by atoms with Crippen molar-refractivity contribution in [1.29, 1.82) is 5.26 Å². The minimum absolute atomic E-state index is 0.0481. The zero-order valence-corrected chi connectivity index (χ0v) is 9.14. The van der Waals surface area contributed by atoms with E-state index in [0.29, 0.717) is 11.1 Å². The van der Waals surface area contributed by atoms with Crippen LogP contribution in [0.3, 0.4) is 0 Å². The molecule has 0 spiro atoms. The highest BCUT2D eigenvalue weighted by atomic mass is 16.1. The molecular weight excluding hydrogens is 202 g/mol. The van der Waals surface area contributed by atoms with Crippen molar-refractivity contribution in [3.63, 3.8) is 0 Å². The van der Waals surface area contributed by atoms with E-state index in [1.165, 1.54) is 6.20 Å². The van der Waals surface area contributed by atoms with Crippen LogP contribution in [0.4, 0.5) is 0 Å². The lowest BCUT2D eigenvalue weighted by Gasteiger charge is -2.12. The summed E-state index contributed by atoms with van der Waals surface area (Å²) in [5.74, 6) is 0. The van der Waals surface area contributed by atoms with E-state index in [2.05, 4.69) is 11.1 Å². The van der Waals surface area contributed by atoms with Crippen LogP contribution in [0.2, 0.25) is 0 Å². The van der Waals surface area contributed by atoms with Gasteiger partial charge in [-0.1, -0.05) is 0 Å². The number of aromatic nitrogens is 2. The van der Waals surface area contributed by atoms with Crippen LogP contribution in [0.1, 0.15) is 25.5 Å². The fourth-order valence-corrected chi connectivity index (χ4v) is 1.73. The van der Waals surface area contributed by atoms with E-state index in [-0.39, 0.29) is 11.6 Å². The molecule has 4 nitrogen and oxygen atoms in total. The van der Waals surface area contributed by atoms with Crippen molar-refractivity contribution in [2.24, 2.45) is 0 Å². The first kappa shape index (κ1) is 10.4. The van der Waals surface area contributed by atoms with E-state index in [1.54, 1.807) is 22.8 Å². The van der Waals surface area contributed by atoms with Crippen molar-refractivity contribution in [2.45, 2.75) is 19.9 Å². The number of hydrogen-bond acceptors (Lipinski definition) is 3. The molecular formula is C12H11N3O. The average molecular weight is 213 g/mol. The summed E-state index contributed by atoms with van der Waals surface area (Å²) in [6.07, 6.45) is 1.31. The van der Waals surface area contributed by atoms with Crippen LogP contribution in [0.25, 0.3) is 11.0 Å². The molecule has 16 heavy (non-hydrogen) atoms. The topological polar surface area (TPSA) is 58.7 Å². The van der Waals surface area contributed by atoms with Gasteiger partial charge in [0.1, 0.15) is 0 Å². The van der Waals surface area contributed by atoms with Crippen molar-refractivity contribution in [1.82, 2.24) is 9.55 Å². The van der Waals surface area contributed by atoms with Gasteiger partial charge in [0.05, 0.1) is 28.9 Å². The summed E-state index contributed by atoms with van der Waals surface area (Å²) in [5.41, 5.74) is 1.83. The third-order valence-corrected chi connectivity index (χ3v) is 2.43. The molecule has 0 aliphatic carbocycles. The first-order chi connectivity index (χ1) is 7.63. The molecule has 0 aliphatic rings. The van der Waals surface area contributed by atoms with Gasteiger partial charge in [-0.05, 0) is 32.0 Å². The van der Waals surface area contributed by atoms with E-state index in [9.17, 15) is 4.79 Å². The van der Waals surface area contributed by atoms with E-state index in [1.807, 2.05) is 13.8 Å². The summed E-state index contributed by atoms with van der Waals surface area (Å²) in [6.45, 7) is 3.86. The summed E-state index contributed by atoms with van der Waals surface area (Å²) in [4.78, 5) is 15.7. The van der Waals surface area contributed by atoms with Crippen LogP contribution < -0.4 is 5.56 Å². The molecule has 80 valence electrons. The van der Waals surface area contributed by atoms with E-state index >= 15 is 0 Å². The van der Waals surface area contributed by atoms with Gasteiger partial charge < -0.3 is 4.57 Å². The molecule has 0 saturated heterocycles. The van der Waals surface area contributed by atoms with Crippen molar-refractivity contribution in [3.8, 4) is 6.07 Å². The molecule has 0 amide bonds. The fraction of sp³-hybridized carbons (Fsp3) is 0.250. The molecule has 0 atom stereocenters. The summed E-state index contributed by atoms with van der Waals surface area (Å²) in [5, 5.41) is 8.84. The monoisotopic (exact) mass is 213 g/mol. The molecule has 0 radical (unpaired) electrons. The second-order valence-electron chi connectivity index (χ2n) is 3.88. The first-order valence-corrected chi connectivity index (χ1v) is 5.05. The Balaban J connectivity index is 2.90. The van der Waals surface area contributed by atoms with Gasteiger partial charge in [0.15, 0.2) is 0 Å². The normalized spacial score (nSPS) is 10.6. The Hall–Kier alpha value is -2.15. The summed E-state index contributed by atoms with van der Waals surface area (Å²) >= 11 is 0. The summed E-state index contributed by atoms with van der Waals surface area (Å²) in [6, 6.07) is 7.26. The molecule has 4 heteroatoms. The van der Waals surface area contributed by atoms with Crippen molar-refractivity contribution < 1.29 is 0 Å². The molecule has 0 aliphatic heterocycles. The first-order valence-electron chi connectivity index (χ1n) is 5.05. The zero-order chi connectivity index (χ0) is 11.7. The highest BCUT2D eigenvalue weighted by Crippen LogP contribution is 2.15. The van der Waals surface area contributed by atoms with Gasteiger partial charge >= 0.3 is 0 Å². The van der Waals surface area contributed by atoms with Gasteiger partial charge in [0, 0.05) is 6.04 Å². The number of nitriles is 1. The van der Waals surface area contributed by atoms with E-state index in [0.717, 1.165) is 5.52 Å². The molecule has 0 saturated carbocycles. The van der Waals surface area contributed by atoms with Gasteiger partial charge in [-0.2, -0.15) is 5.26 Å². The van der Waals surface area contributed by atoms with Crippen LogP contribution in [-0.2, 0) is 0 Å². The minimum atomic E-state index is -0.141. The largest absolute Gasteiger partial charge is 0.303 e. The standard InChI is InChI=1S/C12H11N3O/c1-8(2)15-11-5-9(6-13)3-4-10(11)14-7-12(15)16/h3-5,7-8H,1-2H3. The van der Waals surface area contributed by atoms with Gasteiger partial charge in [-0.25, -0.2) is 4.98 Å². The Labute approximate surface area is 92.8 Å². The Morgan fingerprint density at radius 1 is 1.44 bits per heavy atom. The van der Waals surface area contributed by atoms with Crippen molar-refractivity contribution >= 4 is 11.0 Å². The van der Waals surface area contributed by atoms with Crippen LogP contribution in [0.15, 0.2) is 29.2 Å². The van der Waals surface area contributed by atoms with Crippen LogP contribution >= 0.6 is 0 Å². The third-order valence-electron chi connectivity index (χ3n) is 2.43. The SMILES string of the molecule is CC(C)n1c(=O)cnc2ccc(C#N)cc21. The Bertz CT molecular complexity index is 635. The molecule has 0 fully saturated rings. The fourth-order valence-electron chi connectivity index (χ4n) is 1.73. The molecule has 1 aromatic heterocycles. The lowest BCUT2D eigenvalue weighted by Crippen LogP contribution is -2.22. The predicted octanol–water partition coefficient (Wildman–Crippen LogP) is 1.85. The van der Waals surface area contributed by atoms with Crippen LogP contribution in [0.5, 0.6) is 0 Å². The van der Waals surface area contributed by atoms with E-state index < -0.39 is 0 Å². The summed E-state index contributed by atoms with van der Waals surface area (Å²) < 4.78 is 1.64. The van der Waals surface area contributed by atoms with Crippen molar-refractivity contribution in [3.05, 3.63) is 40.3 Å². The van der Waals surface area contributed by atoms with Crippen molar-refractivity contribution in [2.75, 3.05) is 0 Å². The van der Waals surface area contributed by atoms with Gasteiger partial charge in [0.25, 0.3) is 5.56 Å². The van der Waals surface area contributed by atoms with Gasteiger partial charge in [0.2, 0.25) is 0 Å². The molecule has 2 aromatic rings. The maximum atomic E-state index is 11.7. The second kappa shape index (κ2) is 3.78. The maximum Gasteiger partial charge on any atom is 0.269 e. The third kappa shape index (κ3) is 1.57.